The van der Waals surface area contributed by atoms with Crippen LogP contribution < -0.4 is 4.74 Å². The molecule has 5 nitrogen and oxygen atoms in total. The van der Waals surface area contributed by atoms with Gasteiger partial charge in [-0.05, 0) is 36.4 Å². The van der Waals surface area contributed by atoms with Gasteiger partial charge >= 0.3 is 11.9 Å². The Morgan fingerprint density at radius 3 is 2.44 bits per heavy atom. The zero-order chi connectivity index (χ0) is 18.2. The number of carbonyl (C=O) groups is 1. The minimum Gasteiger partial charge on any atom is -0.493 e. The topological polar surface area (TPSA) is 72.3 Å². The molecule has 0 aliphatic carbocycles. The molecule has 0 atom stereocenters. The van der Waals surface area contributed by atoms with E-state index in [0.717, 1.165) is 24.3 Å². The number of aromatic nitrogens is 2. The van der Waals surface area contributed by atoms with E-state index in [1.165, 1.54) is 25.1 Å². The van der Waals surface area contributed by atoms with E-state index in [4.69, 9.17) is 4.74 Å². The van der Waals surface area contributed by atoms with Crippen LogP contribution in [0.5, 0.6) is 11.6 Å². The van der Waals surface area contributed by atoms with E-state index >= 15 is 0 Å². The SMILES string of the molecule is CC(=O)Oc1ccc2c(O)nc(C(F)(F)c3ccc(F)cc3)nc2c1. The van der Waals surface area contributed by atoms with Crippen LogP contribution in [0.4, 0.5) is 13.2 Å². The summed E-state index contributed by atoms with van der Waals surface area (Å²) in [7, 11) is 0. The van der Waals surface area contributed by atoms with Gasteiger partial charge < -0.3 is 9.84 Å². The van der Waals surface area contributed by atoms with Crippen LogP contribution in [0, 0.1) is 5.82 Å². The predicted octanol–water partition coefficient (Wildman–Crippen LogP) is 3.54. The molecule has 3 rings (SSSR count). The first-order chi connectivity index (χ1) is 11.8. The Hall–Kier alpha value is -3.16. The van der Waals surface area contributed by atoms with Gasteiger partial charge in [0, 0.05) is 18.6 Å². The van der Waals surface area contributed by atoms with Gasteiger partial charge in [-0.1, -0.05) is 0 Å². The number of nitrogens with zero attached hydrogens (tertiary/aromatic N) is 2. The minimum absolute atomic E-state index is 0.0250. The number of halogens is 3. The van der Waals surface area contributed by atoms with Gasteiger partial charge in [0.05, 0.1) is 10.9 Å². The monoisotopic (exact) mass is 348 g/mol. The smallest absolute Gasteiger partial charge is 0.331 e. The summed E-state index contributed by atoms with van der Waals surface area (Å²) < 4.78 is 47.0. The first kappa shape index (κ1) is 16.7. The van der Waals surface area contributed by atoms with Gasteiger partial charge in [-0.2, -0.15) is 13.8 Å². The second-order valence-electron chi connectivity index (χ2n) is 5.22. The molecule has 25 heavy (non-hydrogen) atoms. The van der Waals surface area contributed by atoms with Crippen LogP contribution in [-0.2, 0) is 10.7 Å². The first-order valence-electron chi connectivity index (χ1n) is 7.11. The maximum atomic E-state index is 14.6. The Balaban J connectivity index is 2.12. The number of fused-ring (bicyclic) bond motifs is 1. The van der Waals surface area contributed by atoms with Gasteiger partial charge in [-0.15, -0.1) is 0 Å². The van der Waals surface area contributed by atoms with E-state index in [0.29, 0.717) is 0 Å². The van der Waals surface area contributed by atoms with Crippen molar-refractivity contribution in [3.05, 3.63) is 59.7 Å². The Labute approximate surface area is 139 Å². The van der Waals surface area contributed by atoms with E-state index in [9.17, 15) is 23.1 Å². The highest BCUT2D eigenvalue weighted by Crippen LogP contribution is 2.36. The van der Waals surface area contributed by atoms with E-state index in [1.54, 1.807) is 0 Å². The molecule has 0 saturated carbocycles. The summed E-state index contributed by atoms with van der Waals surface area (Å²) in [6.07, 6.45) is 0. The highest BCUT2D eigenvalue weighted by molar-refractivity contribution is 5.85. The van der Waals surface area contributed by atoms with Crippen molar-refractivity contribution in [1.82, 2.24) is 9.97 Å². The maximum absolute atomic E-state index is 14.6. The fraction of sp³-hybridized carbons (Fsp3) is 0.118. The van der Waals surface area contributed by atoms with Crippen molar-refractivity contribution in [3.8, 4) is 11.6 Å². The van der Waals surface area contributed by atoms with Crippen molar-refractivity contribution in [2.75, 3.05) is 0 Å². The standard InChI is InChI=1S/C17H11F3N2O3/c1-9(23)25-12-6-7-13-14(8-12)21-16(22-15(13)24)17(19,20)10-2-4-11(18)5-3-10/h2-8H,1H3,(H,21,22,24). The number of rotatable bonds is 3. The van der Waals surface area contributed by atoms with E-state index in [-0.39, 0.29) is 16.7 Å². The zero-order valence-electron chi connectivity index (χ0n) is 12.8. The number of alkyl halides is 2. The first-order valence-corrected chi connectivity index (χ1v) is 7.11. The Morgan fingerprint density at radius 2 is 1.80 bits per heavy atom. The van der Waals surface area contributed by atoms with Gasteiger partial charge in [0.1, 0.15) is 11.6 Å². The second-order valence-corrected chi connectivity index (χ2v) is 5.22. The highest BCUT2D eigenvalue weighted by atomic mass is 19.3. The molecule has 0 unspecified atom stereocenters. The molecule has 0 radical (unpaired) electrons. The molecule has 0 amide bonds. The van der Waals surface area contributed by atoms with Crippen molar-refractivity contribution in [2.45, 2.75) is 12.8 Å². The number of esters is 1. The van der Waals surface area contributed by atoms with E-state index in [1.807, 2.05) is 0 Å². The largest absolute Gasteiger partial charge is 0.493 e. The van der Waals surface area contributed by atoms with Crippen LogP contribution in [-0.4, -0.2) is 21.0 Å². The Kier molecular flexibility index (Phi) is 4.03. The summed E-state index contributed by atoms with van der Waals surface area (Å²) in [5, 5.41) is 10.0. The van der Waals surface area contributed by atoms with Crippen molar-refractivity contribution in [1.29, 1.82) is 0 Å². The lowest BCUT2D eigenvalue weighted by Crippen LogP contribution is -2.19. The molecule has 0 aliphatic rings. The third-order valence-corrected chi connectivity index (χ3v) is 3.40. The molecule has 1 heterocycles. The quantitative estimate of drug-likeness (QED) is 0.579. The Bertz CT molecular complexity index is 959. The molecule has 128 valence electrons. The summed E-state index contributed by atoms with van der Waals surface area (Å²) in [6.45, 7) is 1.19. The average Bonchev–Trinajstić information content (AvgIpc) is 2.54. The normalized spacial score (nSPS) is 11.5. The second kappa shape index (κ2) is 6.04. The van der Waals surface area contributed by atoms with Gasteiger partial charge in [0.15, 0.2) is 0 Å². The molecule has 0 saturated heterocycles. The van der Waals surface area contributed by atoms with Crippen LogP contribution in [0.15, 0.2) is 42.5 Å². The lowest BCUT2D eigenvalue weighted by molar-refractivity contribution is -0.131. The lowest BCUT2D eigenvalue weighted by atomic mass is 10.1. The molecule has 8 heteroatoms. The number of hydrogen-bond donors (Lipinski definition) is 1. The number of carbonyl (C=O) groups excluding carboxylic acids is 1. The summed E-state index contributed by atoms with van der Waals surface area (Å²) in [5.74, 6) is -6.41. The number of hydrogen-bond acceptors (Lipinski definition) is 5. The minimum atomic E-state index is -3.66. The summed E-state index contributed by atoms with van der Waals surface area (Å²) >= 11 is 0. The summed E-state index contributed by atoms with van der Waals surface area (Å²) in [4.78, 5) is 18.2. The molecular formula is C17H11F3N2O3. The van der Waals surface area contributed by atoms with Crippen molar-refractivity contribution in [3.63, 3.8) is 0 Å². The van der Waals surface area contributed by atoms with Crippen LogP contribution in [0.1, 0.15) is 18.3 Å². The predicted molar refractivity (Wildman–Crippen MR) is 81.9 cm³/mol. The number of ether oxygens (including phenoxy) is 1. The number of aromatic hydroxyl groups is 1. The fourth-order valence-electron chi connectivity index (χ4n) is 2.25. The van der Waals surface area contributed by atoms with Crippen molar-refractivity contribution >= 4 is 16.9 Å². The van der Waals surface area contributed by atoms with Crippen LogP contribution >= 0.6 is 0 Å². The fourth-order valence-corrected chi connectivity index (χ4v) is 2.25. The third-order valence-electron chi connectivity index (χ3n) is 3.40. The van der Waals surface area contributed by atoms with Crippen LogP contribution in [0.2, 0.25) is 0 Å². The van der Waals surface area contributed by atoms with Gasteiger partial charge in [-0.3, -0.25) is 4.79 Å². The summed E-state index contributed by atoms with van der Waals surface area (Å²) in [5.41, 5.74) is -0.549. The van der Waals surface area contributed by atoms with Crippen LogP contribution in [0.3, 0.4) is 0 Å². The van der Waals surface area contributed by atoms with Gasteiger partial charge in [-0.25, -0.2) is 9.37 Å². The highest BCUT2D eigenvalue weighted by Gasteiger charge is 2.38. The van der Waals surface area contributed by atoms with Gasteiger partial charge in [0.2, 0.25) is 11.7 Å². The zero-order valence-corrected chi connectivity index (χ0v) is 12.8. The molecule has 0 bridgehead atoms. The van der Waals surface area contributed by atoms with Crippen molar-refractivity contribution < 1.29 is 27.8 Å². The maximum Gasteiger partial charge on any atom is 0.331 e. The molecule has 1 aromatic heterocycles. The molecule has 1 N–H and O–H groups in total. The van der Waals surface area contributed by atoms with Crippen molar-refractivity contribution in [2.24, 2.45) is 0 Å². The Morgan fingerprint density at radius 1 is 1.12 bits per heavy atom. The number of benzene rings is 2. The molecule has 0 spiro atoms. The lowest BCUT2D eigenvalue weighted by Gasteiger charge is -2.16. The van der Waals surface area contributed by atoms with E-state index < -0.39 is 35.0 Å². The molecule has 0 fully saturated rings. The molecule has 3 aromatic rings. The van der Waals surface area contributed by atoms with Crippen LogP contribution in [0.25, 0.3) is 10.9 Å². The molecule has 2 aromatic carbocycles. The average molecular weight is 348 g/mol. The third kappa shape index (κ3) is 3.23. The van der Waals surface area contributed by atoms with E-state index in [2.05, 4.69) is 9.97 Å². The van der Waals surface area contributed by atoms with Gasteiger partial charge in [0.25, 0.3) is 0 Å². The molecule has 0 aliphatic heterocycles. The molecular weight excluding hydrogens is 337 g/mol. The summed E-state index contributed by atoms with van der Waals surface area (Å²) in [6, 6.07) is 7.58.